The van der Waals surface area contributed by atoms with E-state index in [9.17, 15) is 9.90 Å². The van der Waals surface area contributed by atoms with E-state index in [1.165, 1.54) is 0 Å². The van der Waals surface area contributed by atoms with Crippen molar-refractivity contribution < 1.29 is 14.6 Å². The molecule has 1 aromatic carbocycles. The molecule has 1 aliphatic carbocycles. The van der Waals surface area contributed by atoms with E-state index < -0.39 is 5.60 Å². The second kappa shape index (κ2) is 4.85. The maximum Gasteiger partial charge on any atom is 0.227 e. The zero-order chi connectivity index (χ0) is 13.3. The smallest absolute Gasteiger partial charge is 0.227 e. The molecule has 1 fully saturated rings. The van der Waals surface area contributed by atoms with Crippen molar-refractivity contribution in [2.45, 2.75) is 37.2 Å². The highest BCUT2D eigenvalue weighted by atomic mass is 16.5. The van der Waals surface area contributed by atoms with Crippen molar-refractivity contribution in [3.63, 3.8) is 0 Å². The van der Waals surface area contributed by atoms with Gasteiger partial charge in [-0.15, -0.1) is 0 Å². The lowest BCUT2D eigenvalue weighted by Crippen LogP contribution is -2.49. The van der Waals surface area contributed by atoms with E-state index in [4.69, 9.17) is 4.74 Å². The number of carbonyl (C=O) groups excluding carboxylic acids is 1. The summed E-state index contributed by atoms with van der Waals surface area (Å²) in [5, 5.41) is 12.9. The van der Waals surface area contributed by atoms with Gasteiger partial charge >= 0.3 is 0 Å². The van der Waals surface area contributed by atoms with Gasteiger partial charge < -0.3 is 15.2 Å². The second-order valence-corrected chi connectivity index (χ2v) is 5.52. The van der Waals surface area contributed by atoms with Crippen LogP contribution in [-0.4, -0.2) is 29.8 Å². The van der Waals surface area contributed by atoms with Gasteiger partial charge in [-0.2, -0.15) is 0 Å². The predicted octanol–water partition coefficient (Wildman–Crippen LogP) is 1.58. The molecule has 4 nitrogen and oxygen atoms in total. The number of hydrogen-bond acceptors (Lipinski definition) is 3. The van der Waals surface area contributed by atoms with Gasteiger partial charge in [-0.05, 0) is 31.7 Å². The van der Waals surface area contributed by atoms with Gasteiger partial charge in [-0.25, -0.2) is 0 Å². The minimum atomic E-state index is -0.666. The van der Waals surface area contributed by atoms with Gasteiger partial charge in [0.05, 0.1) is 18.1 Å². The van der Waals surface area contributed by atoms with Crippen LogP contribution in [0.15, 0.2) is 24.3 Å². The van der Waals surface area contributed by atoms with Gasteiger partial charge in [-0.3, -0.25) is 4.79 Å². The third-order valence-electron chi connectivity index (χ3n) is 4.15. The van der Waals surface area contributed by atoms with Gasteiger partial charge in [0.2, 0.25) is 5.91 Å². The molecule has 102 valence electrons. The van der Waals surface area contributed by atoms with Crippen molar-refractivity contribution in [3.05, 3.63) is 29.8 Å². The van der Waals surface area contributed by atoms with Crippen LogP contribution in [0.4, 0.5) is 0 Å². The highest BCUT2D eigenvalue weighted by molar-refractivity contribution is 5.84. The van der Waals surface area contributed by atoms with E-state index in [1.54, 1.807) is 0 Å². The maximum atomic E-state index is 12.3. The maximum absolute atomic E-state index is 12.3. The molecule has 0 radical (unpaired) electrons. The number of amides is 1. The van der Waals surface area contributed by atoms with Crippen molar-refractivity contribution in [3.8, 4) is 5.75 Å². The summed E-state index contributed by atoms with van der Waals surface area (Å²) in [5.41, 5.74) is 0.284. The number of hydrogen-bond donors (Lipinski definition) is 2. The van der Waals surface area contributed by atoms with Crippen LogP contribution in [0.3, 0.4) is 0 Å². The first-order valence-electron chi connectivity index (χ1n) is 6.90. The van der Waals surface area contributed by atoms with E-state index in [1.807, 2.05) is 24.3 Å². The SMILES string of the molecule is O=C(NCC1(O)CCC1)C1CCOc2ccccc21. The number of rotatable bonds is 3. The van der Waals surface area contributed by atoms with E-state index >= 15 is 0 Å². The van der Waals surface area contributed by atoms with E-state index in [-0.39, 0.29) is 11.8 Å². The quantitative estimate of drug-likeness (QED) is 0.868. The summed E-state index contributed by atoms with van der Waals surface area (Å²) in [7, 11) is 0. The molecule has 19 heavy (non-hydrogen) atoms. The Bertz CT molecular complexity index is 482. The monoisotopic (exact) mass is 261 g/mol. The molecule has 1 atom stereocenters. The summed E-state index contributed by atoms with van der Waals surface area (Å²) in [6, 6.07) is 7.68. The molecule has 1 amide bonds. The van der Waals surface area contributed by atoms with Crippen LogP contribution >= 0.6 is 0 Å². The number of ether oxygens (including phenoxy) is 1. The van der Waals surface area contributed by atoms with Crippen LogP contribution < -0.4 is 10.1 Å². The largest absolute Gasteiger partial charge is 0.493 e. The summed E-state index contributed by atoms with van der Waals surface area (Å²) >= 11 is 0. The molecular formula is C15H19NO3. The topological polar surface area (TPSA) is 58.6 Å². The number of aliphatic hydroxyl groups is 1. The van der Waals surface area contributed by atoms with Crippen LogP contribution in [0.1, 0.15) is 37.2 Å². The molecule has 3 rings (SSSR count). The molecule has 1 saturated carbocycles. The lowest BCUT2D eigenvalue weighted by molar-refractivity contribution is -0.125. The Morgan fingerprint density at radius 2 is 2.21 bits per heavy atom. The Kier molecular flexibility index (Phi) is 3.19. The van der Waals surface area contributed by atoms with Crippen molar-refractivity contribution in [2.24, 2.45) is 0 Å². The van der Waals surface area contributed by atoms with E-state index in [0.29, 0.717) is 19.6 Å². The number of fused-ring (bicyclic) bond motifs is 1. The van der Waals surface area contributed by atoms with Gasteiger partial charge in [-0.1, -0.05) is 18.2 Å². The number of nitrogens with one attached hydrogen (secondary N) is 1. The fourth-order valence-corrected chi connectivity index (χ4v) is 2.75. The van der Waals surface area contributed by atoms with Crippen LogP contribution in [-0.2, 0) is 4.79 Å². The van der Waals surface area contributed by atoms with Crippen LogP contribution in [0.2, 0.25) is 0 Å². The number of carbonyl (C=O) groups is 1. The minimum Gasteiger partial charge on any atom is -0.493 e. The lowest BCUT2D eigenvalue weighted by atomic mass is 9.80. The summed E-state index contributed by atoms with van der Waals surface area (Å²) in [5.74, 6) is 0.640. The molecule has 1 aromatic rings. The molecule has 0 spiro atoms. The minimum absolute atomic E-state index is 0.00363. The number of benzene rings is 1. The molecular weight excluding hydrogens is 242 g/mol. The van der Waals surface area contributed by atoms with Gasteiger partial charge in [0.25, 0.3) is 0 Å². The zero-order valence-electron chi connectivity index (χ0n) is 10.9. The highest BCUT2D eigenvalue weighted by Gasteiger charge is 2.36. The van der Waals surface area contributed by atoms with Gasteiger partial charge in [0.15, 0.2) is 0 Å². The molecule has 1 heterocycles. The molecule has 0 bridgehead atoms. The van der Waals surface area contributed by atoms with E-state index in [2.05, 4.69) is 5.32 Å². The Balaban J connectivity index is 1.67. The first-order chi connectivity index (χ1) is 9.18. The molecule has 2 aliphatic rings. The Hall–Kier alpha value is -1.55. The Labute approximate surface area is 112 Å². The normalized spacial score (nSPS) is 23.7. The molecule has 2 N–H and O–H groups in total. The van der Waals surface area contributed by atoms with Crippen molar-refractivity contribution in [1.29, 1.82) is 0 Å². The average Bonchev–Trinajstić information content (AvgIpc) is 2.42. The summed E-state index contributed by atoms with van der Waals surface area (Å²) in [6.07, 6.45) is 3.32. The summed E-state index contributed by atoms with van der Waals surface area (Å²) in [4.78, 5) is 12.3. The lowest BCUT2D eigenvalue weighted by Gasteiger charge is -2.37. The van der Waals surface area contributed by atoms with Gasteiger partial charge in [0.1, 0.15) is 5.75 Å². The van der Waals surface area contributed by atoms with Crippen LogP contribution in [0, 0.1) is 0 Å². The third-order valence-corrected chi connectivity index (χ3v) is 4.15. The average molecular weight is 261 g/mol. The predicted molar refractivity (Wildman–Crippen MR) is 71.1 cm³/mol. The highest BCUT2D eigenvalue weighted by Crippen LogP contribution is 2.34. The summed E-state index contributed by atoms with van der Waals surface area (Å²) < 4.78 is 5.55. The molecule has 4 heteroatoms. The first kappa shape index (κ1) is 12.5. The Morgan fingerprint density at radius 3 is 2.95 bits per heavy atom. The summed E-state index contributed by atoms with van der Waals surface area (Å²) in [6.45, 7) is 0.935. The fraction of sp³-hybridized carbons (Fsp3) is 0.533. The third kappa shape index (κ3) is 2.45. The fourth-order valence-electron chi connectivity index (χ4n) is 2.75. The van der Waals surface area contributed by atoms with Gasteiger partial charge in [0, 0.05) is 12.1 Å². The van der Waals surface area contributed by atoms with E-state index in [0.717, 1.165) is 30.6 Å². The standard InChI is InChI=1S/C15H19NO3/c17-14(16-10-15(18)7-3-8-15)12-6-9-19-13-5-2-1-4-11(12)13/h1-2,4-5,12,18H,3,6-10H2,(H,16,17). The van der Waals surface area contributed by atoms with Crippen LogP contribution in [0.25, 0.3) is 0 Å². The number of para-hydroxylation sites is 1. The Morgan fingerprint density at radius 1 is 1.42 bits per heavy atom. The van der Waals surface area contributed by atoms with Crippen LogP contribution in [0.5, 0.6) is 5.75 Å². The molecule has 0 saturated heterocycles. The van der Waals surface area contributed by atoms with Crippen molar-refractivity contribution >= 4 is 5.91 Å². The molecule has 0 aromatic heterocycles. The molecule has 1 unspecified atom stereocenters. The zero-order valence-corrected chi connectivity index (χ0v) is 10.9. The first-order valence-corrected chi connectivity index (χ1v) is 6.90. The molecule has 1 aliphatic heterocycles. The van der Waals surface area contributed by atoms with Crippen molar-refractivity contribution in [2.75, 3.05) is 13.2 Å². The van der Waals surface area contributed by atoms with Crippen molar-refractivity contribution in [1.82, 2.24) is 5.32 Å². The second-order valence-electron chi connectivity index (χ2n) is 5.52.